The molecule has 0 radical (unpaired) electrons. The number of aromatic nitrogens is 3. The number of H-pyrrole nitrogens is 1. The van der Waals surface area contributed by atoms with E-state index >= 15 is 0 Å². The minimum atomic E-state index is -0.352. The van der Waals surface area contributed by atoms with Gasteiger partial charge in [0.1, 0.15) is 23.6 Å². The van der Waals surface area contributed by atoms with E-state index in [1.165, 1.54) is 12.4 Å². The van der Waals surface area contributed by atoms with E-state index < -0.39 is 0 Å². The van der Waals surface area contributed by atoms with Crippen LogP contribution in [-0.4, -0.2) is 70.4 Å². The molecule has 1 atom stereocenters. The highest BCUT2D eigenvalue weighted by Gasteiger charge is 2.25. The molecule has 0 bridgehead atoms. The maximum atomic E-state index is 13.8. The molecule has 1 aromatic carbocycles. The van der Waals surface area contributed by atoms with Crippen molar-refractivity contribution in [2.75, 3.05) is 39.0 Å². The Kier molecular flexibility index (Phi) is 6.47. The fourth-order valence-electron chi connectivity index (χ4n) is 3.56. The first-order chi connectivity index (χ1) is 15.5. The molecule has 1 saturated heterocycles. The van der Waals surface area contributed by atoms with E-state index in [1.807, 2.05) is 36.0 Å². The fourth-order valence-corrected chi connectivity index (χ4v) is 3.56. The number of rotatable bonds is 5. The minimum Gasteiger partial charge on any atom is -0.365 e. The quantitative estimate of drug-likeness (QED) is 0.479. The van der Waals surface area contributed by atoms with Crippen molar-refractivity contribution in [3.05, 3.63) is 65.9 Å². The van der Waals surface area contributed by atoms with E-state index in [9.17, 15) is 9.18 Å². The first-order valence-electron chi connectivity index (χ1n) is 10.5. The van der Waals surface area contributed by atoms with Crippen LogP contribution in [0.2, 0.25) is 0 Å². The SMILES string of the molecule is CN(C)C/C=C/C(=O)N1CC[C@@H](Nc2ncnc3[nH]c(C#Cc4ccccc4F)cc23)C1. The summed E-state index contributed by atoms with van der Waals surface area (Å²) in [7, 11) is 3.93. The lowest BCUT2D eigenvalue weighted by Crippen LogP contribution is -2.30. The maximum absolute atomic E-state index is 13.8. The van der Waals surface area contributed by atoms with Gasteiger partial charge in [-0.1, -0.05) is 24.1 Å². The molecule has 0 unspecified atom stereocenters. The topological polar surface area (TPSA) is 77.2 Å². The summed E-state index contributed by atoms with van der Waals surface area (Å²) >= 11 is 0. The van der Waals surface area contributed by atoms with Crippen molar-refractivity contribution in [3.63, 3.8) is 0 Å². The maximum Gasteiger partial charge on any atom is 0.246 e. The Bertz CT molecular complexity index is 1210. The Morgan fingerprint density at radius 3 is 3.00 bits per heavy atom. The zero-order valence-electron chi connectivity index (χ0n) is 18.1. The summed E-state index contributed by atoms with van der Waals surface area (Å²) in [6, 6.07) is 8.36. The number of carbonyl (C=O) groups excluding carboxylic acids is 1. The third-order valence-electron chi connectivity index (χ3n) is 5.20. The summed E-state index contributed by atoms with van der Waals surface area (Å²) in [5.74, 6) is 6.16. The number of amides is 1. The van der Waals surface area contributed by atoms with Crippen molar-refractivity contribution >= 4 is 22.8 Å². The van der Waals surface area contributed by atoms with Gasteiger partial charge in [0.25, 0.3) is 0 Å². The van der Waals surface area contributed by atoms with Gasteiger partial charge >= 0.3 is 0 Å². The summed E-state index contributed by atoms with van der Waals surface area (Å²) in [6.45, 7) is 2.04. The second-order valence-corrected chi connectivity index (χ2v) is 7.98. The second kappa shape index (κ2) is 9.62. The molecule has 1 aliphatic heterocycles. The van der Waals surface area contributed by atoms with E-state index in [4.69, 9.17) is 0 Å². The number of anilines is 1. The van der Waals surface area contributed by atoms with Crippen LogP contribution in [0.4, 0.5) is 10.2 Å². The zero-order chi connectivity index (χ0) is 22.5. The Hall–Kier alpha value is -3.70. The van der Waals surface area contributed by atoms with Gasteiger partial charge in [0, 0.05) is 31.8 Å². The first kappa shape index (κ1) is 21.5. The van der Waals surface area contributed by atoms with Gasteiger partial charge in [-0.15, -0.1) is 0 Å². The highest BCUT2D eigenvalue weighted by Crippen LogP contribution is 2.23. The van der Waals surface area contributed by atoms with Crippen molar-refractivity contribution in [2.24, 2.45) is 0 Å². The molecule has 0 spiro atoms. The molecule has 3 heterocycles. The van der Waals surface area contributed by atoms with Gasteiger partial charge in [0.2, 0.25) is 5.91 Å². The molecule has 2 aromatic heterocycles. The Morgan fingerprint density at radius 1 is 1.34 bits per heavy atom. The van der Waals surface area contributed by atoms with Crippen LogP contribution in [0.25, 0.3) is 11.0 Å². The van der Waals surface area contributed by atoms with Crippen LogP contribution in [0.15, 0.2) is 48.8 Å². The number of nitrogens with one attached hydrogen (secondary N) is 2. The molecule has 0 aliphatic carbocycles. The van der Waals surface area contributed by atoms with Crippen LogP contribution >= 0.6 is 0 Å². The molecular formula is C24H25FN6O. The molecule has 1 amide bonds. The van der Waals surface area contributed by atoms with E-state index in [-0.39, 0.29) is 17.8 Å². The predicted octanol–water partition coefficient (Wildman–Crippen LogP) is 2.63. The summed E-state index contributed by atoms with van der Waals surface area (Å²) in [6.07, 6.45) is 5.83. The van der Waals surface area contributed by atoms with Crippen LogP contribution in [0.5, 0.6) is 0 Å². The van der Waals surface area contributed by atoms with E-state index in [0.717, 1.165) is 18.4 Å². The van der Waals surface area contributed by atoms with Crippen LogP contribution in [0, 0.1) is 17.7 Å². The average Bonchev–Trinajstić information content (AvgIpc) is 3.40. The molecule has 164 valence electrons. The Balaban J connectivity index is 1.45. The number of carbonyl (C=O) groups is 1. The zero-order valence-corrected chi connectivity index (χ0v) is 18.1. The number of fused-ring (bicyclic) bond motifs is 1. The summed E-state index contributed by atoms with van der Waals surface area (Å²) in [4.78, 5) is 28.0. The predicted molar refractivity (Wildman–Crippen MR) is 123 cm³/mol. The standard InChI is InChI=1S/C24H25FN6O/c1-30(2)12-5-8-22(32)31-13-11-19(15-31)29-24-20-14-18(28-23(20)26-16-27-24)10-9-17-6-3-4-7-21(17)25/h3-8,14,16,19H,11-13,15H2,1-2H3,(H2,26,27,28,29)/b8-5+/t19-/m1/s1. The van der Waals surface area contributed by atoms with Gasteiger partial charge in [-0.25, -0.2) is 14.4 Å². The molecule has 4 rings (SSSR count). The number of nitrogens with zero attached hydrogens (tertiary/aromatic N) is 4. The number of likely N-dealkylation sites (N-methyl/N-ethyl adjacent to an activating group) is 1. The number of halogens is 1. The van der Waals surface area contributed by atoms with Crippen LogP contribution in [0.1, 0.15) is 17.7 Å². The summed E-state index contributed by atoms with van der Waals surface area (Å²) < 4.78 is 13.8. The molecule has 8 heteroatoms. The van der Waals surface area contributed by atoms with E-state index in [2.05, 4.69) is 32.1 Å². The van der Waals surface area contributed by atoms with Crippen molar-refractivity contribution in [2.45, 2.75) is 12.5 Å². The molecule has 0 saturated carbocycles. The van der Waals surface area contributed by atoms with Gasteiger partial charge in [-0.05, 0) is 44.6 Å². The molecule has 1 aliphatic rings. The van der Waals surface area contributed by atoms with Crippen molar-refractivity contribution in [1.29, 1.82) is 0 Å². The lowest BCUT2D eigenvalue weighted by atomic mass is 10.2. The number of benzene rings is 1. The van der Waals surface area contributed by atoms with Crippen LogP contribution < -0.4 is 5.32 Å². The fraction of sp³-hybridized carbons (Fsp3) is 0.292. The van der Waals surface area contributed by atoms with E-state index in [1.54, 1.807) is 24.3 Å². The molecule has 7 nitrogen and oxygen atoms in total. The number of hydrogen-bond acceptors (Lipinski definition) is 5. The largest absolute Gasteiger partial charge is 0.365 e. The Labute approximate surface area is 186 Å². The van der Waals surface area contributed by atoms with Crippen molar-refractivity contribution < 1.29 is 9.18 Å². The molecule has 3 aromatic rings. The molecular weight excluding hydrogens is 407 g/mol. The van der Waals surface area contributed by atoms with Gasteiger partial charge in [-0.3, -0.25) is 4.79 Å². The summed E-state index contributed by atoms with van der Waals surface area (Å²) in [5.41, 5.74) is 1.62. The monoisotopic (exact) mass is 432 g/mol. The van der Waals surface area contributed by atoms with Crippen molar-refractivity contribution in [1.82, 2.24) is 24.8 Å². The van der Waals surface area contributed by atoms with Crippen LogP contribution in [-0.2, 0) is 4.79 Å². The molecule has 1 fully saturated rings. The highest BCUT2D eigenvalue weighted by atomic mass is 19.1. The minimum absolute atomic E-state index is 0.0244. The van der Waals surface area contributed by atoms with Gasteiger partial charge in [0.05, 0.1) is 16.6 Å². The van der Waals surface area contributed by atoms with Gasteiger partial charge in [0.15, 0.2) is 0 Å². The molecule has 2 N–H and O–H groups in total. The highest BCUT2D eigenvalue weighted by molar-refractivity contribution is 5.89. The lowest BCUT2D eigenvalue weighted by Gasteiger charge is -2.16. The first-order valence-corrected chi connectivity index (χ1v) is 10.5. The normalized spacial score (nSPS) is 16.0. The lowest BCUT2D eigenvalue weighted by molar-refractivity contribution is -0.125. The number of likely N-dealkylation sites (tertiary alicyclic amines) is 1. The van der Waals surface area contributed by atoms with Crippen LogP contribution in [0.3, 0.4) is 0 Å². The number of aromatic amines is 1. The van der Waals surface area contributed by atoms with Crippen molar-refractivity contribution in [3.8, 4) is 11.8 Å². The average molecular weight is 433 g/mol. The smallest absolute Gasteiger partial charge is 0.246 e. The molecule has 32 heavy (non-hydrogen) atoms. The van der Waals surface area contributed by atoms with Gasteiger partial charge in [-0.2, -0.15) is 0 Å². The summed E-state index contributed by atoms with van der Waals surface area (Å²) in [5, 5.41) is 4.24. The third-order valence-corrected chi connectivity index (χ3v) is 5.20. The second-order valence-electron chi connectivity index (χ2n) is 7.98. The number of hydrogen-bond donors (Lipinski definition) is 2. The van der Waals surface area contributed by atoms with Gasteiger partial charge < -0.3 is 20.1 Å². The Morgan fingerprint density at radius 2 is 2.19 bits per heavy atom. The van der Waals surface area contributed by atoms with E-state index in [0.29, 0.717) is 35.8 Å². The third kappa shape index (κ3) is 5.13.